The molecule has 0 fully saturated rings. The fourth-order valence-corrected chi connectivity index (χ4v) is 2.87. The molecule has 29 heavy (non-hydrogen) atoms. The molecular weight excluding hydrogens is 491 g/mol. The van der Waals surface area contributed by atoms with Crippen LogP contribution in [0.3, 0.4) is 0 Å². The van der Waals surface area contributed by atoms with Crippen molar-refractivity contribution >= 4 is 29.9 Å². The van der Waals surface area contributed by atoms with Gasteiger partial charge < -0.3 is 19.7 Å². The highest BCUT2D eigenvalue weighted by Crippen LogP contribution is 2.27. The number of likely N-dealkylation sites (N-methyl/N-ethyl adjacent to an activating group) is 1. The van der Waals surface area contributed by atoms with Crippen LogP contribution in [0.1, 0.15) is 11.1 Å². The van der Waals surface area contributed by atoms with Crippen LogP contribution in [-0.4, -0.2) is 52.3 Å². The zero-order valence-electron chi connectivity index (χ0n) is 17.2. The molecule has 160 valence electrons. The number of nitrogens with zero attached hydrogens (tertiary/aromatic N) is 2. The van der Waals surface area contributed by atoms with E-state index in [1.807, 2.05) is 30.1 Å². The van der Waals surface area contributed by atoms with Gasteiger partial charge in [-0.1, -0.05) is 6.07 Å². The van der Waals surface area contributed by atoms with Gasteiger partial charge in [-0.05, 0) is 54.3 Å². The minimum Gasteiger partial charge on any atom is -0.493 e. The van der Waals surface area contributed by atoms with Crippen LogP contribution in [0.25, 0.3) is 0 Å². The first kappa shape index (κ1) is 24.9. The molecule has 0 aliphatic rings. The highest BCUT2D eigenvalue weighted by molar-refractivity contribution is 14.0. The van der Waals surface area contributed by atoms with Crippen molar-refractivity contribution in [2.75, 3.05) is 41.4 Å². The molecule has 0 saturated heterocycles. The summed E-state index contributed by atoms with van der Waals surface area (Å²) in [5.74, 6) is 1.24. The van der Waals surface area contributed by atoms with E-state index in [4.69, 9.17) is 9.47 Å². The van der Waals surface area contributed by atoms with Crippen LogP contribution in [0, 0.1) is 11.6 Å². The molecule has 2 aromatic rings. The number of guanidine groups is 1. The summed E-state index contributed by atoms with van der Waals surface area (Å²) in [5, 5.41) is 3.18. The Balaban J connectivity index is 0.00000420. The van der Waals surface area contributed by atoms with E-state index in [0.717, 1.165) is 30.7 Å². The third-order valence-corrected chi connectivity index (χ3v) is 4.44. The van der Waals surface area contributed by atoms with Gasteiger partial charge in [-0.2, -0.15) is 0 Å². The third kappa shape index (κ3) is 7.34. The van der Waals surface area contributed by atoms with Crippen LogP contribution in [0.5, 0.6) is 11.5 Å². The Kier molecular flexibility index (Phi) is 10.7. The maximum Gasteiger partial charge on any atom is 0.193 e. The second-order valence-corrected chi connectivity index (χ2v) is 6.32. The normalized spacial score (nSPS) is 10.9. The number of rotatable bonds is 8. The predicted octanol–water partition coefficient (Wildman–Crippen LogP) is 3.89. The molecule has 0 heterocycles. The maximum absolute atomic E-state index is 13.7. The van der Waals surface area contributed by atoms with Gasteiger partial charge in [0.15, 0.2) is 17.5 Å². The molecule has 1 N–H and O–H groups in total. The summed E-state index contributed by atoms with van der Waals surface area (Å²) in [6.45, 7) is 1.18. The monoisotopic (exact) mass is 519 g/mol. The van der Waals surface area contributed by atoms with Crippen molar-refractivity contribution in [2.45, 2.75) is 12.8 Å². The van der Waals surface area contributed by atoms with Crippen LogP contribution in [0.15, 0.2) is 41.4 Å². The Hall–Kier alpha value is -2.10. The van der Waals surface area contributed by atoms with E-state index >= 15 is 0 Å². The van der Waals surface area contributed by atoms with Gasteiger partial charge in [0.05, 0.1) is 14.2 Å². The second kappa shape index (κ2) is 12.5. The Morgan fingerprint density at radius 3 is 2.41 bits per heavy atom. The van der Waals surface area contributed by atoms with Crippen LogP contribution in [-0.2, 0) is 12.8 Å². The first-order chi connectivity index (χ1) is 13.5. The second-order valence-electron chi connectivity index (χ2n) is 6.32. The van der Waals surface area contributed by atoms with E-state index < -0.39 is 11.6 Å². The average molecular weight is 519 g/mol. The van der Waals surface area contributed by atoms with E-state index in [0.29, 0.717) is 36.0 Å². The summed E-state index contributed by atoms with van der Waals surface area (Å²) >= 11 is 0. The van der Waals surface area contributed by atoms with Gasteiger partial charge in [-0.3, -0.25) is 4.99 Å². The lowest BCUT2D eigenvalue weighted by atomic mass is 10.1. The number of methoxy groups -OCH3 is 2. The minimum atomic E-state index is -0.437. The number of aliphatic imine (C=N–C) groups is 1. The van der Waals surface area contributed by atoms with Gasteiger partial charge in [-0.25, -0.2) is 8.78 Å². The summed E-state index contributed by atoms with van der Waals surface area (Å²) in [6, 6.07) is 9.32. The van der Waals surface area contributed by atoms with Crippen LogP contribution >= 0.6 is 24.0 Å². The summed E-state index contributed by atoms with van der Waals surface area (Å²) in [7, 11) is 6.84. The largest absolute Gasteiger partial charge is 0.493 e. The maximum atomic E-state index is 13.7. The van der Waals surface area contributed by atoms with Crippen LogP contribution in [0.4, 0.5) is 8.78 Å². The minimum absolute atomic E-state index is 0. The summed E-state index contributed by atoms with van der Waals surface area (Å²) in [5.41, 5.74) is 1.46. The number of hydrogen-bond acceptors (Lipinski definition) is 3. The van der Waals surface area contributed by atoms with Crippen LogP contribution < -0.4 is 14.8 Å². The Morgan fingerprint density at radius 2 is 1.76 bits per heavy atom. The first-order valence-electron chi connectivity index (χ1n) is 9.05. The van der Waals surface area contributed by atoms with Crippen molar-refractivity contribution in [3.05, 3.63) is 59.2 Å². The number of ether oxygens (including phenoxy) is 2. The average Bonchev–Trinajstić information content (AvgIpc) is 2.71. The Labute approximate surface area is 188 Å². The molecule has 0 atom stereocenters. The number of hydrogen-bond donors (Lipinski definition) is 1. The zero-order chi connectivity index (χ0) is 20.5. The fourth-order valence-electron chi connectivity index (χ4n) is 2.87. The molecule has 0 radical (unpaired) electrons. The summed E-state index contributed by atoms with van der Waals surface area (Å²) in [6.07, 6.45) is 1.15. The van der Waals surface area contributed by atoms with Gasteiger partial charge in [0.1, 0.15) is 11.6 Å². The molecule has 0 aliphatic carbocycles. The lowest BCUT2D eigenvalue weighted by molar-refractivity contribution is 0.354. The highest BCUT2D eigenvalue weighted by atomic mass is 127. The molecule has 0 aliphatic heterocycles. The molecule has 8 heteroatoms. The van der Waals surface area contributed by atoms with E-state index in [9.17, 15) is 8.78 Å². The van der Waals surface area contributed by atoms with Gasteiger partial charge in [0.2, 0.25) is 0 Å². The Bertz CT molecular complexity index is 819. The predicted molar refractivity (Wildman–Crippen MR) is 123 cm³/mol. The standard InChI is InChI=1S/C21H27F2N3O2.HI/c1-24-21(25-11-9-16-14-17(22)6-7-18(16)23)26(2)12-10-15-5-8-19(27-3)20(13-15)28-4;/h5-8,13-14H,9-12H2,1-4H3,(H,24,25);1H. The number of nitrogens with one attached hydrogen (secondary N) is 1. The molecule has 0 bridgehead atoms. The fraction of sp³-hybridized carbons (Fsp3) is 0.381. The van der Waals surface area contributed by atoms with Crippen molar-refractivity contribution in [3.63, 3.8) is 0 Å². The third-order valence-electron chi connectivity index (χ3n) is 4.44. The molecule has 0 saturated carbocycles. The van der Waals surface area contributed by atoms with Crippen molar-refractivity contribution < 1.29 is 18.3 Å². The van der Waals surface area contributed by atoms with E-state index in [1.54, 1.807) is 21.3 Å². The van der Waals surface area contributed by atoms with E-state index in [1.165, 1.54) is 6.07 Å². The SMILES string of the molecule is CN=C(NCCc1cc(F)ccc1F)N(C)CCc1ccc(OC)c(OC)c1.I. The van der Waals surface area contributed by atoms with Crippen molar-refractivity contribution in [1.82, 2.24) is 10.2 Å². The van der Waals surface area contributed by atoms with Gasteiger partial charge in [0.25, 0.3) is 0 Å². The smallest absolute Gasteiger partial charge is 0.193 e. The van der Waals surface area contributed by atoms with E-state index in [2.05, 4.69) is 10.3 Å². The van der Waals surface area contributed by atoms with Crippen molar-refractivity contribution in [1.29, 1.82) is 0 Å². The number of benzene rings is 2. The molecule has 0 spiro atoms. The lowest BCUT2D eigenvalue weighted by Gasteiger charge is -2.22. The van der Waals surface area contributed by atoms with Gasteiger partial charge in [0, 0.05) is 27.2 Å². The zero-order valence-corrected chi connectivity index (χ0v) is 19.5. The van der Waals surface area contributed by atoms with Crippen LogP contribution in [0.2, 0.25) is 0 Å². The highest BCUT2D eigenvalue weighted by Gasteiger charge is 2.09. The molecule has 5 nitrogen and oxygen atoms in total. The van der Waals surface area contributed by atoms with Crippen molar-refractivity contribution in [3.8, 4) is 11.5 Å². The molecule has 0 unspecified atom stereocenters. The van der Waals surface area contributed by atoms with E-state index in [-0.39, 0.29) is 24.0 Å². The molecular formula is C21H28F2IN3O2. The quantitative estimate of drug-likeness (QED) is 0.327. The van der Waals surface area contributed by atoms with Crippen molar-refractivity contribution in [2.24, 2.45) is 4.99 Å². The summed E-state index contributed by atoms with van der Waals surface area (Å²) < 4.78 is 37.5. The Morgan fingerprint density at radius 1 is 1.03 bits per heavy atom. The number of halogens is 3. The molecule has 0 amide bonds. The van der Waals surface area contributed by atoms with Gasteiger partial charge >= 0.3 is 0 Å². The first-order valence-corrected chi connectivity index (χ1v) is 9.05. The molecule has 2 rings (SSSR count). The summed E-state index contributed by atoms with van der Waals surface area (Å²) in [4.78, 5) is 6.24. The molecule has 0 aromatic heterocycles. The topological polar surface area (TPSA) is 46.1 Å². The van der Waals surface area contributed by atoms with Gasteiger partial charge in [-0.15, -0.1) is 24.0 Å². The molecule has 2 aromatic carbocycles. The lowest BCUT2D eigenvalue weighted by Crippen LogP contribution is -2.40.